The summed E-state index contributed by atoms with van der Waals surface area (Å²) in [6.45, 7) is 0.257. The molecule has 4 fully saturated rings. The first-order valence-electron chi connectivity index (χ1n) is 10.9. The molecule has 0 aromatic carbocycles. The van der Waals surface area contributed by atoms with Gasteiger partial charge >= 0.3 is 29.7 Å². The van der Waals surface area contributed by atoms with Crippen molar-refractivity contribution in [3.63, 3.8) is 0 Å². The summed E-state index contributed by atoms with van der Waals surface area (Å²) in [6.07, 6.45) is -0.0878. The van der Waals surface area contributed by atoms with Gasteiger partial charge in [0.05, 0.1) is 6.61 Å². The van der Waals surface area contributed by atoms with E-state index in [-0.39, 0.29) is 25.7 Å². The molecule has 4 saturated carbocycles. The van der Waals surface area contributed by atoms with Crippen molar-refractivity contribution in [2.75, 3.05) is 13.2 Å². The van der Waals surface area contributed by atoms with Crippen LogP contribution in [0.1, 0.15) is 52.4 Å². The third-order valence-corrected chi connectivity index (χ3v) is 7.23. The number of ketones is 1. The van der Waals surface area contributed by atoms with Crippen molar-refractivity contribution in [3.8, 4) is 0 Å². The maximum atomic E-state index is 14.9. The first-order chi connectivity index (χ1) is 15.3. The van der Waals surface area contributed by atoms with Gasteiger partial charge in [0.15, 0.2) is 0 Å². The largest absolute Gasteiger partial charge is 0.461 e. The second-order valence-electron chi connectivity index (χ2n) is 10.1. The van der Waals surface area contributed by atoms with Crippen molar-refractivity contribution in [2.45, 2.75) is 76.1 Å². The number of hydrogen-bond donors (Lipinski definition) is 1. The Hall–Kier alpha value is -1.95. The van der Waals surface area contributed by atoms with Crippen LogP contribution in [0.15, 0.2) is 0 Å². The minimum absolute atomic E-state index is 0.234. The fourth-order valence-electron chi connectivity index (χ4n) is 6.32. The third-order valence-electron chi connectivity index (χ3n) is 7.23. The highest BCUT2D eigenvalue weighted by molar-refractivity contribution is 5.95. The monoisotopic (exact) mass is 507 g/mol. The molecule has 13 heteroatoms. The summed E-state index contributed by atoms with van der Waals surface area (Å²) >= 11 is 0. The number of esters is 1. The molecular weight excluding hydrogens is 482 g/mol. The van der Waals surface area contributed by atoms with Crippen LogP contribution in [0, 0.1) is 22.7 Å². The van der Waals surface area contributed by atoms with E-state index in [1.807, 2.05) is 0 Å². The fourth-order valence-corrected chi connectivity index (χ4v) is 6.32. The Balaban J connectivity index is 1.90. The molecule has 0 aliphatic heterocycles. The molecule has 1 N–H and O–H groups in total. The van der Waals surface area contributed by atoms with Crippen LogP contribution in [0.5, 0.6) is 0 Å². The average molecular weight is 507 g/mol. The number of rotatable bonds is 9. The minimum atomic E-state index is -6.32. The predicted molar refractivity (Wildman–Crippen MR) is 99.7 cm³/mol. The second kappa shape index (κ2) is 8.04. The first-order valence-corrected chi connectivity index (χ1v) is 10.9. The van der Waals surface area contributed by atoms with E-state index in [0.29, 0.717) is 13.3 Å². The number of Topliss-reactive ketones (excluding diaryl/α,β-unsaturated/α-hetero) is 1. The Morgan fingerprint density at radius 2 is 1.44 bits per heavy atom. The van der Waals surface area contributed by atoms with E-state index >= 15 is 0 Å². The van der Waals surface area contributed by atoms with Crippen molar-refractivity contribution in [1.82, 2.24) is 5.32 Å². The lowest BCUT2D eigenvalue weighted by molar-refractivity contribution is -0.292. The van der Waals surface area contributed by atoms with E-state index in [1.54, 1.807) is 0 Å². The molecule has 0 radical (unpaired) electrons. The highest BCUT2D eigenvalue weighted by atomic mass is 19.3. The molecule has 2 unspecified atom stereocenters. The molecule has 5 nitrogen and oxygen atoms in total. The van der Waals surface area contributed by atoms with Crippen LogP contribution >= 0.6 is 0 Å². The van der Waals surface area contributed by atoms with Crippen molar-refractivity contribution < 1.29 is 54.2 Å². The molecule has 0 heterocycles. The summed E-state index contributed by atoms with van der Waals surface area (Å²) < 4.78 is 118. The van der Waals surface area contributed by atoms with Gasteiger partial charge in [-0.15, -0.1) is 0 Å². The normalized spacial score (nSPS) is 31.4. The Bertz CT molecular complexity index is 855. The molecule has 4 aliphatic carbocycles. The van der Waals surface area contributed by atoms with Gasteiger partial charge in [-0.1, -0.05) is 0 Å². The molecule has 0 aromatic heterocycles. The zero-order valence-corrected chi connectivity index (χ0v) is 18.5. The summed E-state index contributed by atoms with van der Waals surface area (Å²) in [5, 5.41) is 1.36. The van der Waals surface area contributed by atoms with Gasteiger partial charge in [-0.25, -0.2) is 4.79 Å². The predicted octanol–water partition coefficient (Wildman–Crippen LogP) is 4.38. The Kier molecular flexibility index (Phi) is 6.30. The van der Waals surface area contributed by atoms with Gasteiger partial charge in [-0.05, 0) is 57.3 Å². The zero-order valence-electron chi connectivity index (χ0n) is 18.5. The van der Waals surface area contributed by atoms with Crippen LogP contribution in [-0.2, 0) is 19.1 Å². The molecule has 1 amide bonds. The summed E-state index contributed by atoms with van der Waals surface area (Å²) in [6, 6.07) is 0. The summed E-state index contributed by atoms with van der Waals surface area (Å²) in [4.78, 5) is 35.8. The lowest BCUT2D eigenvalue weighted by Gasteiger charge is -2.61. The van der Waals surface area contributed by atoms with E-state index in [9.17, 15) is 49.5 Å². The highest BCUT2D eigenvalue weighted by Crippen LogP contribution is 2.67. The fraction of sp³-hybridized carbons (Fsp3) is 0.857. The Morgan fingerprint density at radius 3 is 1.91 bits per heavy atom. The van der Waals surface area contributed by atoms with E-state index in [1.165, 1.54) is 5.32 Å². The van der Waals surface area contributed by atoms with Gasteiger partial charge in [-0.3, -0.25) is 9.59 Å². The minimum Gasteiger partial charge on any atom is -0.461 e. The maximum Gasteiger partial charge on any atom is 0.393 e. The molecule has 4 bridgehead atoms. The van der Waals surface area contributed by atoms with E-state index in [2.05, 4.69) is 4.74 Å². The SMILES string of the molecule is CCNC(=O)C(F)(F)C(F)(F)C(F)(F)C(=O)C12CC3CC(CC(COC(=O)C(C)(F)F)(C3)C1)C2. The van der Waals surface area contributed by atoms with Gasteiger partial charge in [0.25, 0.3) is 5.91 Å². The lowest BCUT2D eigenvalue weighted by Crippen LogP contribution is -2.67. The molecule has 4 rings (SSSR count). The first kappa shape index (κ1) is 26.7. The number of alkyl halides is 8. The Morgan fingerprint density at radius 1 is 0.912 bits per heavy atom. The van der Waals surface area contributed by atoms with E-state index in [4.69, 9.17) is 0 Å². The summed E-state index contributed by atoms with van der Waals surface area (Å²) in [7, 11) is 0. The van der Waals surface area contributed by atoms with Crippen LogP contribution < -0.4 is 5.32 Å². The smallest absolute Gasteiger partial charge is 0.393 e. The van der Waals surface area contributed by atoms with E-state index in [0.717, 1.165) is 6.92 Å². The number of amides is 1. The van der Waals surface area contributed by atoms with Gasteiger partial charge in [-0.2, -0.15) is 35.1 Å². The zero-order chi connectivity index (χ0) is 26.0. The number of carbonyl (C=O) groups is 3. The van der Waals surface area contributed by atoms with Crippen LogP contribution in [0.4, 0.5) is 35.1 Å². The lowest BCUT2D eigenvalue weighted by atomic mass is 9.43. The van der Waals surface area contributed by atoms with Crippen LogP contribution in [0.25, 0.3) is 0 Å². The maximum absolute atomic E-state index is 14.9. The second-order valence-corrected chi connectivity index (χ2v) is 10.1. The Labute approximate surface area is 189 Å². The van der Waals surface area contributed by atoms with Crippen molar-refractivity contribution in [1.29, 1.82) is 0 Å². The van der Waals surface area contributed by atoms with E-state index < -0.39 is 83.6 Å². The summed E-state index contributed by atoms with van der Waals surface area (Å²) in [5.74, 6) is -29.7. The quantitative estimate of drug-likeness (QED) is 0.372. The summed E-state index contributed by atoms with van der Waals surface area (Å²) in [5.41, 5.74) is -3.32. The highest BCUT2D eigenvalue weighted by Gasteiger charge is 2.80. The number of nitrogens with one attached hydrogen (secondary N) is 1. The van der Waals surface area contributed by atoms with Crippen LogP contribution in [-0.4, -0.2) is 54.5 Å². The third kappa shape index (κ3) is 4.06. The number of halogens is 8. The molecule has 2 atom stereocenters. The molecular formula is C21H25F8NO4. The molecule has 34 heavy (non-hydrogen) atoms. The van der Waals surface area contributed by atoms with Crippen molar-refractivity contribution in [2.24, 2.45) is 22.7 Å². The number of hydrogen-bond acceptors (Lipinski definition) is 4. The van der Waals surface area contributed by atoms with Gasteiger partial charge < -0.3 is 10.1 Å². The molecule has 4 aliphatic rings. The molecule has 0 aromatic rings. The van der Waals surface area contributed by atoms with Gasteiger partial charge in [0.2, 0.25) is 5.78 Å². The van der Waals surface area contributed by atoms with Crippen LogP contribution in [0.3, 0.4) is 0 Å². The topological polar surface area (TPSA) is 72.5 Å². The van der Waals surface area contributed by atoms with Crippen molar-refractivity contribution >= 4 is 17.7 Å². The van der Waals surface area contributed by atoms with Gasteiger partial charge in [0.1, 0.15) is 0 Å². The number of ether oxygens (including phenoxy) is 1. The molecule has 194 valence electrons. The molecule has 0 saturated heterocycles. The molecule has 0 spiro atoms. The van der Waals surface area contributed by atoms with Crippen molar-refractivity contribution in [3.05, 3.63) is 0 Å². The standard InChI is InChI=1S/C21H25F8NO4/c1-3-30-14(32)20(26,27)21(28,29)19(24,25)13(31)18-7-11-4-12(8-18)6-17(5-11,9-18)10-34-15(33)16(2,22)23/h11-12H,3-10H2,1-2H3,(H,30,32). The average Bonchev–Trinajstić information content (AvgIpc) is 2.69. The van der Waals surface area contributed by atoms with Gasteiger partial charge in [0, 0.05) is 24.3 Å². The van der Waals surface area contributed by atoms with Crippen LogP contribution in [0.2, 0.25) is 0 Å². The number of carbonyl (C=O) groups excluding carboxylic acids is 3.